The third-order valence-electron chi connectivity index (χ3n) is 5.53. The standard InChI is InChI=1S/C22H25N3O2.ClH/c26-21(18-12-13-23-15-18)24-19-10-8-17(9-11-19)22(27)25-14-4-7-20(25)16-5-2-1-3-6-16;/h1-3,5-6,8-11,18,20,23H,4,7,12-15H2,(H,24,26);1H. The number of anilines is 1. The molecule has 28 heavy (non-hydrogen) atoms. The van der Waals surface area contributed by atoms with Crippen molar-refractivity contribution in [1.29, 1.82) is 0 Å². The highest BCUT2D eigenvalue weighted by Gasteiger charge is 2.30. The summed E-state index contributed by atoms with van der Waals surface area (Å²) in [5.41, 5.74) is 2.60. The molecule has 0 aromatic heterocycles. The van der Waals surface area contributed by atoms with E-state index in [0.717, 1.165) is 44.6 Å². The molecule has 0 radical (unpaired) electrons. The van der Waals surface area contributed by atoms with Gasteiger partial charge in [0, 0.05) is 24.3 Å². The van der Waals surface area contributed by atoms with Gasteiger partial charge >= 0.3 is 0 Å². The Labute approximate surface area is 171 Å². The highest BCUT2D eigenvalue weighted by molar-refractivity contribution is 5.96. The highest BCUT2D eigenvalue weighted by Crippen LogP contribution is 2.33. The van der Waals surface area contributed by atoms with Crippen LogP contribution in [0.1, 0.15) is 41.2 Å². The Morgan fingerprint density at radius 3 is 2.43 bits per heavy atom. The zero-order valence-electron chi connectivity index (χ0n) is 15.8. The molecule has 2 amide bonds. The number of rotatable bonds is 4. The Hall–Kier alpha value is -2.37. The molecule has 0 aliphatic carbocycles. The first-order valence-electron chi connectivity index (χ1n) is 9.70. The van der Waals surface area contributed by atoms with Crippen LogP contribution in [0.2, 0.25) is 0 Å². The highest BCUT2D eigenvalue weighted by atomic mass is 35.5. The Morgan fingerprint density at radius 1 is 1.00 bits per heavy atom. The largest absolute Gasteiger partial charge is 0.332 e. The van der Waals surface area contributed by atoms with Gasteiger partial charge in [-0.05, 0) is 55.6 Å². The number of carbonyl (C=O) groups excluding carboxylic acids is 2. The van der Waals surface area contributed by atoms with Crippen LogP contribution in [-0.4, -0.2) is 36.3 Å². The van der Waals surface area contributed by atoms with Gasteiger partial charge in [0.15, 0.2) is 0 Å². The number of hydrogen-bond acceptors (Lipinski definition) is 3. The summed E-state index contributed by atoms with van der Waals surface area (Å²) in [5.74, 6) is 0.129. The van der Waals surface area contributed by atoms with Crippen LogP contribution < -0.4 is 10.6 Å². The molecule has 2 aromatic rings. The predicted molar refractivity (Wildman–Crippen MR) is 113 cm³/mol. The smallest absolute Gasteiger partial charge is 0.254 e. The van der Waals surface area contributed by atoms with Crippen LogP contribution in [-0.2, 0) is 4.79 Å². The first kappa shape index (κ1) is 20.4. The Kier molecular flexibility index (Phi) is 6.70. The molecule has 148 valence electrons. The minimum Gasteiger partial charge on any atom is -0.332 e. The monoisotopic (exact) mass is 399 g/mol. The zero-order chi connectivity index (χ0) is 18.6. The summed E-state index contributed by atoms with van der Waals surface area (Å²) in [6, 6.07) is 17.6. The van der Waals surface area contributed by atoms with E-state index in [1.807, 2.05) is 47.4 Å². The lowest BCUT2D eigenvalue weighted by molar-refractivity contribution is -0.119. The van der Waals surface area contributed by atoms with Crippen LogP contribution in [0, 0.1) is 5.92 Å². The van der Waals surface area contributed by atoms with Crippen LogP contribution in [0.3, 0.4) is 0 Å². The van der Waals surface area contributed by atoms with E-state index in [4.69, 9.17) is 0 Å². The Balaban J connectivity index is 0.00000225. The van der Waals surface area contributed by atoms with E-state index in [1.54, 1.807) is 0 Å². The van der Waals surface area contributed by atoms with E-state index in [9.17, 15) is 9.59 Å². The quantitative estimate of drug-likeness (QED) is 0.825. The fourth-order valence-corrected chi connectivity index (χ4v) is 4.02. The van der Waals surface area contributed by atoms with Gasteiger partial charge in [-0.3, -0.25) is 9.59 Å². The molecule has 0 saturated carbocycles. The van der Waals surface area contributed by atoms with E-state index in [0.29, 0.717) is 5.56 Å². The summed E-state index contributed by atoms with van der Waals surface area (Å²) in [6.07, 6.45) is 2.90. The maximum Gasteiger partial charge on any atom is 0.254 e. The fraction of sp³-hybridized carbons (Fsp3) is 0.364. The lowest BCUT2D eigenvalue weighted by atomic mass is 10.0. The van der Waals surface area contributed by atoms with Gasteiger partial charge in [0.1, 0.15) is 0 Å². The second-order valence-electron chi connectivity index (χ2n) is 7.32. The van der Waals surface area contributed by atoms with Crippen molar-refractivity contribution < 1.29 is 9.59 Å². The number of likely N-dealkylation sites (tertiary alicyclic amines) is 1. The maximum atomic E-state index is 13.0. The van der Waals surface area contributed by atoms with Gasteiger partial charge in [0.05, 0.1) is 12.0 Å². The SMILES string of the molecule is Cl.O=C(Nc1ccc(C(=O)N2CCCC2c2ccccc2)cc1)C1CCNC1. The van der Waals surface area contributed by atoms with Crippen LogP contribution in [0.25, 0.3) is 0 Å². The van der Waals surface area contributed by atoms with Crippen molar-refractivity contribution in [3.8, 4) is 0 Å². The number of amides is 2. The van der Waals surface area contributed by atoms with Crippen LogP contribution in [0.4, 0.5) is 5.69 Å². The molecule has 0 spiro atoms. The number of carbonyl (C=O) groups is 2. The number of hydrogen-bond donors (Lipinski definition) is 2. The van der Waals surface area contributed by atoms with Gasteiger partial charge in [-0.15, -0.1) is 12.4 Å². The van der Waals surface area contributed by atoms with Crippen molar-refractivity contribution in [1.82, 2.24) is 10.2 Å². The molecule has 0 bridgehead atoms. The van der Waals surface area contributed by atoms with Gasteiger partial charge in [-0.2, -0.15) is 0 Å². The number of nitrogens with one attached hydrogen (secondary N) is 2. The summed E-state index contributed by atoms with van der Waals surface area (Å²) in [5, 5.41) is 6.15. The third kappa shape index (κ3) is 4.37. The molecule has 2 heterocycles. The molecule has 2 saturated heterocycles. The average Bonchev–Trinajstić information content (AvgIpc) is 3.41. The lowest BCUT2D eigenvalue weighted by Gasteiger charge is -2.25. The van der Waals surface area contributed by atoms with Crippen LogP contribution >= 0.6 is 12.4 Å². The van der Waals surface area contributed by atoms with Crippen LogP contribution in [0.15, 0.2) is 54.6 Å². The third-order valence-corrected chi connectivity index (χ3v) is 5.53. The molecule has 2 aliphatic rings. The molecule has 5 nitrogen and oxygen atoms in total. The minimum atomic E-state index is 0. The molecular weight excluding hydrogens is 374 g/mol. The lowest BCUT2D eigenvalue weighted by Crippen LogP contribution is -2.30. The first-order valence-corrected chi connectivity index (χ1v) is 9.70. The van der Waals surface area contributed by atoms with Gasteiger partial charge in [0.25, 0.3) is 5.91 Å². The van der Waals surface area contributed by atoms with Crippen molar-refractivity contribution in [3.05, 3.63) is 65.7 Å². The molecule has 2 fully saturated rings. The Morgan fingerprint density at radius 2 is 1.75 bits per heavy atom. The molecule has 2 atom stereocenters. The molecule has 2 aromatic carbocycles. The number of halogens is 1. The summed E-state index contributed by atoms with van der Waals surface area (Å²) in [7, 11) is 0. The minimum absolute atomic E-state index is 0. The van der Waals surface area contributed by atoms with Crippen molar-refractivity contribution in [2.45, 2.75) is 25.3 Å². The van der Waals surface area contributed by atoms with Gasteiger partial charge in [-0.25, -0.2) is 0 Å². The van der Waals surface area contributed by atoms with Gasteiger partial charge < -0.3 is 15.5 Å². The molecule has 4 rings (SSSR count). The van der Waals surface area contributed by atoms with Crippen molar-refractivity contribution >= 4 is 29.9 Å². The summed E-state index contributed by atoms with van der Waals surface area (Å²) >= 11 is 0. The molecule has 2 unspecified atom stereocenters. The van der Waals surface area contributed by atoms with Gasteiger partial charge in [-0.1, -0.05) is 30.3 Å². The van der Waals surface area contributed by atoms with Gasteiger partial charge in [0.2, 0.25) is 5.91 Å². The molecule has 6 heteroatoms. The van der Waals surface area contributed by atoms with E-state index in [-0.39, 0.29) is 36.2 Å². The summed E-state index contributed by atoms with van der Waals surface area (Å²) in [4.78, 5) is 27.2. The molecular formula is C22H26ClN3O2. The second-order valence-corrected chi connectivity index (χ2v) is 7.32. The van der Waals surface area contributed by atoms with E-state index >= 15 is 0 Å². The topological polar surface area (TPSA) is 61.4 Å². The number of benzene rings is 2. The summed E-state index contributed by atoms with van der Waals surface area (Å²) < 4.78 is 0. The maximum absolute atomic E-state index is 13.0. The molecule has 2 N–H and O–H groups in total. The first-order chi connectivity index (χ1) is 13.2. The van der Waals surface area contributed by atoms with E-state index < -0.39 is 0 Å². The van der Waals surface area contributed by atoms with Crippen molar-refractivity contribution in [2.75, 3.05) is 25.0 Å². The van der Waals surface area contributed by atoms with E-state index in [2.05, 4.69) is 22.8 Å². The molecule has 2 aliphatic heterocycles. The van der Waals surface area contributed by atoms with Crippen LogP contribution in [0.5, 0.6) is 0 Å². The predicted octanol–water partition coefficient (Wildman–Crippen LogP) is 3.63. The van der Waals surface area contributed by atoms with E-state index in [1.165, 1.54) is 5.56 Å². The average molecular weight is 400 g/mol. The van der Waals surface area contributed by atoms with Crippen molar-refractivity contribution in [2.24, 2.45) is 5.92 Å². The van der Waals surface area contributed by atoms with Crippen molar-refractivity contribution in [3.63, 3.8) is 0 Å². The Bertz CT molecular complexity index is 804. The number of nitrogens with zero attached hydrogens (tertiary/aromatic N) is 1. The summed E-state index contributed by atoms with van der Waals surface area (Å²) in [6.45, 7) is 2.41. The fourth-order valence-electron chi connectivity index (χ4n) is 4.02. The zero-order valence-corrected chi connectivity index (χ0v) is 16.6. The normalized spacial score (nSPS) is 21.2. The second kappa shape index (κ2) is 9.22.